The molecule has 0 spiro atoms. The molecule has 1 aromatic heterocycles. The predicted octanol–water partition coefficient (Wildman–Crippen LogP) is 2.30. The molecule has 3 N–H and O–H groups in total. The van der Waals surface area contributed by atoms with Gasteiger partial charge in [0, 0.05) is 63.3 Å². The lowest BCUT2D eigenvalue weighted by Crippen LogP contribution is -2.61. The first-order valence-electron chi connectivity index (χ1n) is 18.6. The number of rotatable bonds is 5. The minimum atomic E-state index is -0.967. The van der Waals surface area contributed by atoms with Gasteiger partial charge in [0.2, 0.25) is 11.8 Å². The van der Waals surface area contributed by atoms with Crippen molar-refractivity contribution in [2.45, 2.75) is 62.7 Å². The normalized spacial score (nSPS) is 24.7. The Morgan fingerprint density at radius 2 is 1.46 bits per heavy atom. The van der Waals surface area contributed by atoms with Crippen molar-refractivity contribution in [2.24, 2.45) is 0 Å². The van der Waals surface area contributed by atoms with E-state index in [0.29, 0.717) is 40.5 Å². The number of hydrogen-bond acceptors (Lipinski definition) is 12. The Bertz CT molecular complexity index is 1940. The molecule has 2 atom stereocenters. The van der Waals surface area contributed by atoms with E-state index in [2.05, 4.69) is 46.5 Å². The fourth-order valence-corrected chi connectivity index (χ4v) is 9.31. The number of likely N-dealkylation sites (tertiary alicyclic amines) is 1. The molecule has 9 rings (SSSR count). The molecule has 3 aromatic rings. The number of piperazine rings is 1. The first-order chi connectivity index (χ1) is 25.3. The number of nitrogens with one attached hydrogen (secondary N) is 2. The first-order valence-corrected chi connectivity index (χ1v) is 18.6. The van der Waals surface area contributed by atoms with Gasteiger partial charge in [0.1, 0.15) is 11.8 Å². The van der Waals surface area contributed by atoms with Crippen molar-refractivity contribution in [3.8, 4) is 17.0 Å². The second kappa shape index (κ2) is 13.2. The Balaban J connectivity index is 0.795. The summed E-state index contributed by atoms with van der Waals surface area (Å²) in [5.41, 5.74) is 3.86. The van der Waals surface area contributed by atoms with Crippen molar-refractivity contribution >= 4 is 40.8 Å². The van der Waals surface area contributed by atoms with Crippen LogP contribution in [0.4, 0.5) is 17.2 Å². The lowest BCUT2D eigenvalue weighted by molar-refractivity contribution is -0.136. The second-order valence-electron chi connectivity index (χ2n) is 14.8. The molecule has 4 amide bonds. The van der Waals surface area contributed by atoms with Gasteiger partial charge in [-0.15, -0.1) is 10.2 Å². The van der Waals surface area contributed by atoms with Crippen molar-refractivity contribution in [1.82, 2.24) is 30.2 Å². The van der Waals surface area contributed by atoms with Gasteiger partial charge in [0.05, 0.1) is 34.2 Å². The molecule has 7 heterocycles. The topological polar surface area (TPSA) is 155 Å². The number of aromatic hydroxyl groups is 1. The number of phenols is 1. The number of aromatic nitrogens is 2. The molecule has 4 fully saturated rings. The minimum absolute atomic E-state index is 0.102. The van der Waals surface area contributed by atoms with E-state index in [4.69, 9.17) is 0 Å². The zero-order valence-electron chi connectivity index (χ0n) is 29.0. The Labute approximate surface area is 301 Å². The van der Waals surface area contributed by atoms with Gasteiger partial charge in [-0.2, -0.15) is 0 Å². The summed E-state index contributed by atoms with van der Waals surface area (Å²) in [6, 6.07) is 15.1. The van der Waals surface area contributed by atoms with Crippen LogP contribution in [0.3, 0.4) is 0 Å². The minimum Gasteiger partial charge on any atom is -0.507 e. The summed E-state index contributed by atoms with van der Waals surface area (Å²) in [5.74, 6) is -0.885. The fraction of sp³-hybridized carbons (Fsp3) is 0.474. The highest BCUT2D eigenvalue weighted by molar-refractivity contribution is 6.25. The molecule has 1 unspecified atom stereocenters. The zero-order valence-corrected chi connectivity index (χ0v) is 29.0. The van der Waals surface area contributed by atoms with Crippen LogP contribution in [0.2, 0.25) is 0 Å². The predicted molar refractivity (Wildman–Crippen MR) is 193 cm³/mol. The summed E-state index contributed by atoms with van der Waals surface area (Å²) in [6.07, 6.45) is 4.48. The van der Waals surface area contributed by atoms with Crippen LogP contribution in [0.25, 0.3) is 11.3 Å². The van der Waals surface area contributed by atoms with Crippen LogP contribution in [-0.4, -0.2) is 130 Å². The molecule has 14 nitrogen and oxygen atoms in total. The number of amides is 4. The molecular weight excluding hydrogens is 662 g/mol. The van der Waals surface area contributed by atoms with E-state index in [1.54, 1.807) is 12.1 Å². The van der Waals surface area contributed by atoms with E-state index >= 15 is 0 Å². The third-order valence-corrected chi connectivity index (χ3v) is 12.1. The second-order valence-corrected chi connectivity index (χ2v) is 14.8. The van der Waals surface area contributed by atoms with Crippen LogP contribution >= 0.6 is 0 Å². The standard InChI is InChI=1S/C38H43N9O5/c48-32-7-2-1-4-26(32)28-20-31-35(42-41-28)39-21-25-22-45(18-19-46(25)31)24-10-14-43(15-11-24)23-12-16-44(17-13-23)29-6-3-5-27-34(29)38(52)47(37(27)51)30-8-9-33(49)40-36(30)50/h1-7,20,23-25,30,48H,8-19,21-22H2,(H,39,42)(H,40,49,50)/t25-,30?/m0/s1. The van der Waals surface area contributed by atoms with Crippen LogP contribution in [0, 0.1) is 0 Å². The van der Waals surface area contributed by atoms with Crippen molar-refractivity contribution in [1.29, 1.82) is 0 Å². The number of phenolic OH excluding ortho intramolecular Hbond substituents is 1. The highest BCUT2D eigenvalue weighted by Gasteiger charge is 2.46. The molecule has 52 heavy (non-hydrogen) atoms. The van der Waals surface area contributed by atoms with Gasteiger partial charge >= 0.3 is 0 Å². The van der Waals surface area contributed by atoms with Gasteiger partial charge in [-0.1, -0.05) is 18.2 Å². The van der Waals surface area contributed by atoms with Crippen LogP contribution in [0.1, 0.15) is 59.2 Å². The number of anilines is 3. The molecule has 0 aliphatic carbocycles. The van der Waals surface area contributed by atoms with Gasteiger partial charge in [0.15, 0.2) is 5.82 Å². The number of carbonyl (C=O) groups excluding carboxylic acids is 4. The van der Waals surface area contributed by atoms with E-state index in [-0.39, 0.29) is 24.5 Å². The van der Waals surface area contributed by atoms with Crippen LogP contribution in [0.5, 0.6) is 5.75 Å². The number of carbonyl (C=O) groups is 4. The number of nitrogens with zero attached hydrogens (tertiary/aromatic N) is 7. The monoisotopic (exact) mass is 705 g/mol. The maximum Gasteiger partial charge on any atom is 0.264 e. The molecule has 0 bridgehead atoms. The first kappa shape index (κ1) is 32.8. The third kappa shape index (κ3) is 5.64. The van der Waals surface area contributed by atoms with Crippen LogP contribution < -0.4 is 20.4 Å². The highest BCUT2D eigenvalue weighted by atomic mass is 16.3. The molecule has 0 saturated carbocycles. The molecule has 6 aliphatic rings. The van der Waals surface area contributed by atoms with Crippen molar-refractivity contribution in [3.05, 3.63) is 59.7 Å². The highest BCUT2D eigenvalue weighted by Crippen LogP contribution is 2.38. The average Bonchev–Trinajstić information content (AvgIpc) is 3.43. The molecule has 4 saturated heterocycles. The molecule has 14 heteroatoms. The van der Waals surface area contributed by atoms with E-state index in [0.717, 1.165) is 100 Å². The SMILES string of the molecule is O=C1CCC(N2C(=O)c3cccc(N4CCC(N5CCC(N6CCN7c8cc(-c9ccccc9O)nnc8NC[C@H]7C6)CC5)CC4)c3C2=O)C(=O)N1. The van der Waals surface area contributed by atoms with Crippen molar-refractivity contribution in [3.63, 3.8) is 0 Å². The largest absolute Gasteiger partial charge is 0.507 e. The maximum atomic E-state index is 13.7. The van der Waals surface area contributed by atoms with Gasteiger partial charge < -0.3 is 25.1 Å². The summed E-state index contributed by atoms with van der Waals surface area (Å²) < 4.78 is 0. The summed E-state index contributed by atoms with van der Waals surface area (Å²) in [6.45, 7) is 7.44. The number of imide groups is 2. The molecular formula is C38H43N9O5. The average molecular weight is 706 g/mol. The van der Waals surface area contributed by atoms with Crippen molar-refractivity contribution in [2.75, 3.05) is 67.5 Å². The number of fused-ring (bicyclic) bond motifs is 4. The zero-order chi connectivity index (χ0) is 35.5. The van der Waals surface area contributed by atoms with Gasteiger partial charge in [-0.05, 0) is 75.5 Å². The van der Waals surface area contributed by atoms with Crippen LogP contribution in [0.15, 0.2) is 48.5 Å². The third-order valence-electron chi connectivity index (χ3n) is 12.1. The molecule has 2 aromatic carbocycles. The summed E-state index contributed by atoms with van der Waals surface area (Å²) in [7, 11) is 0. The number of benzene rings is 2. The number of para-hydroxylation sites is 1. The van der Waals surface area contributed by atoms with Crippen molar-refractivity contribution < 1.29 is 24.3 Å². The van der Waals surface area contributed by atoms with E-state index in [1.165, 1.54) is 0 Å². The quantitative estimate of drug-likeness (QED) is 0.334. The van der Waals surface area contributed by atoms with E-state index in [9.17, 15) is 24.3 Å². The smallest absolute Gasteiger partial charge is 0.264 e. The summed E-state index contributed by atoms with van der Waals surface area (Å²) in [4.78, 5) is 62.3. The lowest BCUT2D eigenvalue weighted by atomic mass is 9.95. The lowest BCUT2D eigenvalue weighted by Gasteiger charge is -2.50. The van der Waals surface area contributed by atoms with E-state index < -0.39 is 23.8 Å². The Morgan fingerprint density at radius 1 is 0.712 bits per heavy atom. The number of piperidine rings is 3. The Kier molecular flexibility index (Phi) is 8.30. The Hall–Kier alpha value is -5.08. The fourth-order valence-electron chi connectivity index (χ4n) is 9.31. The van der Waals surface area contributed by atoms with E-state index in [1.807, 2.05) is 30.3 Å². The molecule has 6 aliphatic heterocycles. The maximum absolute atomic E-state index is 13.7. The van der Waals surface area contributed by atoms with Gasteiger partial charge in [-0.25, -0.2) is 0 Å². The number of hydrogen-bond donors (Lipinski definition) is 3. The van der Waals surface area contributed by atoms with Gasteiger partial charge in [-0.3, -0.25) is 34.3 Å². The summed E-state index contributed by atoms with van der Waals surface area (Å²) in [5, 5.41) is 25.0. The molecule has 0 radical (unpaired) electrons. The molecule has 270 valence electrons. The van der Waals surface area contributed by atoms with Gasteiger partial charge in [0.25, 0.3) is 11.8 Å². The summed E-state index contributed by atoms with van der Waals surface area (Å²) >= 11 is 0. The Morgan fingerprint density at radius 3 is 2.25 bits per heavy atom. The van der Waals surface area contributed by atoms with Crippen LogP contribution in [-0.2, 0) is 9.59 Å².